The Morgan fingerprint density at radius 3 is 2.41 bits per heavy atom. The Morgan fingerprint density at radius 1 is 1.05 bits per heavy atom. The molecule has 0 saturated carbocycles. The molecule has 2 aromatic carbocycles. The smallest absolute Gasteiger partial charge is 0.251 e. The molecular weight excluding hydrogens is 272 g/mol. The molecule has 22 heavy (non-hydrogen) atoms. The molecule has 0 unspecified atom stereocenters. The first kappa shape index (κ1) is 16.2. The van der Waals surface area contributed by atoms with E-state index in [2.05, 4.69) is 31.5 Å². The van der Waals surface area contributed by atoms with Gasteiger partial charge >= 0.3 is 0 Å². The second-order valence-electron chi connectivity index (χ2n) is 6.15. The lowest BCUT2D eigenvalue weighted by Crippen LogP contribution is -3.04. The van der Waals surface area contributed by atoms with Crippen LogP contribution in [0.2, 0.25) is 0 Å². The molecule has 0 aromatic heterocycles. The Hall–Kier alpha value is -2.13. The molecule has 0 saturated heterocycles. The summed E-state index contributed by atoms with van der Waals surface area (Å²) in [4.78, 5) is 13.8. The standard InChI is InChI=1S/C19H24N2O/c1-14-9-10-15(2)18(11-14)19(22)20-12-16-7-5-6-8-17(16)13-21(3)4/h5-11H,12-13H2,1-4H3,(H,20,22)/p+1. The number of aryl methyl sites for hydroxylation is 2. The van der Waals surface area contributed by atoms with Gasteiger partial charge in [0.25, 0.3) is 5.91 Å². The number of hydrogen-bond acceptors (Lipinski definition) is 1. The zero-order chi connectivity index (χ0) is 16.1. The van der Waals surface area contributed by atoms with Gasteiger partial charge in [-0.25, -0.2) is 0 Å². The van der Waals surface area contributed by atoms with E-state index in [1.54, 1.807) is 0 Å². The van der Waals surface area contributed by atoms with E-state index in [4.69, 9.17) is 0 Å². The lowest BCUT2D eigenvalue weighted by Gasteiger charge is -2.13. The van der Waals surface area contributed by atoms with Crippen LogP contribution < -0.4 is 10.2 Å². The van der Waals surface area contributed by atoms with Crippen molar-refractivity contribution in [2.24, 2.45) is 0 Å². The zero-order valence-electron chi connectivity index (χ0n) is 13.9. The molecule has 3 heteroatoms. The van der Waals surface area contributed by atoms with Gasteiger partial charge in [-0.2, -0.15) is 0 Å². The van der Waals surface area contributed by atoms with Crippen LogP contribution in [-0.2, 0) is 13.1 Å². The van der Waals surface area contributed by atoms with Crippen molar-refractivity contribution < 1.29 is 9.69 Å². The van der Waals surface area contributed by atoms with Crippen molar-refractivity contribution in [3.8, 4) is 0 Å². The second kappa shape index (κ2) is 7.23. The Kier molecular flexibility index (Phi) is 5.34. The SMILES string of the molecule is Cc1ccc(C)c(C(=O)NCc2ccccc2C[NH+](C)C)c1. The summed E-state index contributed by atoms with van der Waals surface area (Å²) in [6, 6.07) is 14.3. The van der Waals surface area contributed by atoms with Gasteiger partial charge in [0.1, 0.15) is 6.54 Å². The predicted molar refractivity (Wildman–Crippen MR) is 90.0 cm³/mol. The largest absolute Gasteiger partial charge is 0.348 e. The molecule has 2 N–H and O–H groups in total. The van der Waals surface area contributed by atoms with E-state index in [-0.39, 0.29) is 5.91 Å². The van der Waals surface area contributed by atoms with Gasteiger partial charge in [0.15, 0.2) is 0 Å². The van der Waals surface area contributed by atoms with Gasteiger partial charge in [-0.1, -0.05) is 42.0 Å². The summed E-state index contributed by atoms with van der Waals surface area (Å²) < 4.78 is 0. The lowest BCUT2D eigenvalue weighted by atomic mass is 10.0. The fourth-order valence-corrected chi connectivity index (χ4v) is 2.53. The van der Waals surface area contributed by atoms with Crippen molar-refractivity contribution in [3.63, 3.8) is 0 Å². The highest BCUT2D eigenvalue weighted by molar-refractivity contribution is 5.95. The van der Waals surface area contributed by atoms with Crippen molar-refractivity contribution in [2.45, 2.75) is 26.9 Å². The third kappa shape index (κ3) is 4.18. The Labute approximate surface area is 133 Å². The summed E-state index contributed by atoms with van der Waals surface area (Å²) in [6.07, 6.45) is 0. The maximum atomic E-state index is 12.4. The molecule has 0 bridgehead atoms. The van der Waals surface area contributed by atoms with Crippen LogP contribution in [0.15, 0.2) is 42.5 Å². The normalized spacial score (nSPS) is 10.8. The third-order valence-electron chi connectivity index (χ3n) is 3.74. The highest BCUT2D eigenvalue weighted by Crippen LogP contribution is 2.12. The van der Waals surface area contributed by atoms with Crippen molar-refractivity contribution >= 4 is 5.91 Å². The summed E-state index contributed by atoms with van der Waals surface area (Å²) in [5, 5.41) is 3.05. The number of nitrogens with one attached hydrogen (secondary N) is 2. The van der Waals surface area contributed by atoms with Crippen LogP contribution >= 0.6 is 0 Å². The topological polar surface area (TPSA) is 33.5 Å². The van der Waals surface area contributed by atoms with Crippen molar-refractivity contribution in [1.29, 1.82) is 0 Å². The minimum absolute atomic E-state index is 0.00629. The molecule has 0 atom stereocenters. The van der Waals surface area contributed by atoms with Crippen LogP contribution in [0.25, 0.3) is 0 Å². The van der Waals surface area contributed by atoms with E-state index < -0.39 is 0 Å². The fraction of sp³-hybridized carbons (Fsp3) is 0.316. The van der Waals surface area contributed by atoms with Crippen LogP contribution in [0.3, 0.4) is 0 Å². The Morgan fingerprint density at radius 2 is 1.73 bits per heavy atom. The number of quaternary nitrogens is 1. The second-order valence-corrected chi connectivity index (χ2v) is 6.15. The van der Waals surface area contributed by atoms with E-state index in [1.165, 1.54) is 16.0 Å². The quantitative estimate of drug-likeness (QED) is 0.868. The number of rotatable bonds is 5. The summed E-state index contributed by atoms with van der Waals surface area (Å²) in [5.41, 5.74) is 5.34. The predicted octanol–water partition coefficient (Wildman–Crippen LogP) is 1.88. The highest BCUT2D eigenvalue weighted by Gasteiger charge is 2.11. The van der Waals surface area contributed by atoms with E-state index in [1.807, 2.05) is 44.2 Å². The molecule has 1 amide bonds. The molecule has 0 heterocycles. The van der Waals surface area contributed by atoms with Crippen LogP contribution in [0.1, 0.15) is 32.6 Å². The van der Waals surface area contributed by atoms with E-state index in [0.29, 0.717) is 6.54 Å². The van der Waals surface area contributed by atoms with Crippen molar-refractivity contribution in [3.05, 3.63) is 70.3 Å². The Bertz CT molecular complexity index is 662. The third-order valence-corrected chi connectivity index (χ3v) is 3.74. The maximum absolute atomic E-state index is 12.4. The van der Waals surface area contributed by atoms with Crippen LogP contribution in [0, 0.1) is 13.8 Å². The molecule has 2 aromatic rings. The fourth-order valence-electron chi connectivity index (χ4n) is 2.53. The summed E-state index contributed by atoms with van der Waals surface area (Å²) in [6.45, 7) is 5.49. The van der Waals surface area contributed by atoms with Crippen molar-refractivity contribution in [1.82, 2.24) is 5.32 Å². The van der Waals surface area contributed by atoms with Gasteiger partial charge in [-0.3, -0.25) is 4.79 Å². The first-order valence-electron chi connectivity index (χ1n) is 7.68. The van der Waals surface area contributed by atoms with E-state index >= 15 is 0 Å². The number of hydrogen-bond donors (Lipinski definition) is 2. The monoisotopic (exact) mass is 297 g/mol. The van der Waals surface area contributed by atoms with Gasteiger partial charge in [0, 0.05) is 17.7 Å². The van der Waals surface area contributed by atoms with Gasteiger partial charge < -0.3 is 10.2 Å². The number of carbonyl (C=O) groups excluding carboxylic acids is 1. The molecule has 0 aliphatic heterocycles. The molecule has 116 valence electrons. The zero-order valence-corrected chi connectivity index (χ0v) is 13.9. The molecule has 0 fully saturated rings. The van der Waals surface area contributed by atoms with Crippen LogP contribution in [0.4, 0.5) is 0 Å². The first-order valence-corrected chi connectivity index (χ1v) is 7.68. The van der Waals surface area contributed by atoms with Gasteiger partial charge in [-0.05, 0) is 31.0 Å². The number of benzene rings is 2. The molecule has 0 spiro atoms. The first-order chi connectivity index (χ1) is 10.5. The maximum Gasteiger partial charge on any atom is 0.251 e. The molecular formula is C19H25N2O+. The van der Waals surface area contributed by atoms with E-state index in [0.717, 1.165) is 23.2 Å². The summed E-state index contributed by atoms with van der Waals surface area (Å²) in [5.74, 6) is -0.00629. The minimum Gasteiger partial charge on any atom is -0.348 e. The summed E-state index contributed by atoms with van der Waals surface area (Å²) in [7, 11) is 4.26. The van der Waals surface area contributed by atoms with Crippen LogP contribution in [-0.4, -0.2) is 20.0 Å². The van der Waals surface area contributed by atoms with Crippen LogP contribution in [0.5, 0.6) is 0 Å². The average molecular weight is 297 g/mol. The van der Waals surface area contributed by atoms with Gasteiger partial charge in [0.05, 0.1) is 14.1 Å². The molecule has 0 aliphatic carbocycles. The molecule has 0 aliphatic rings. The van der Waals surface area contributed by atoms with Gasteiger partial charge in [0.2, 0.25) is 0 Å². The average Bonchev–Trinajstić information content (AvgIpc) is 2.48. The highest BCUT2D eigenvalue weighted by atomic mass is 16.1. The lowest BCUT2D eigenvalue weighted by molar-refractivity contribution is -0.872. The molecule has 3 nitrogen and oxygen atoms in total. The molecule has 2 rings (SSSR count). The van der Waals surface area contributed by atoms with Gasteiger partial charge in [-0.15, -0.1) is 0 Å². The number of amides is 1. The summed E-state index contributed by atoms with van der Waals surface area (Å²) >= 11 is 0. The minimum atomic E-state index is -0.00629. The van der Waals surface area contributed by atoms with E-state index in [9.17, 15) is 4.79 Å². The number of carbonyl (C=O) groups is 1. The van der Waals surface area contributed by atoms with Crippen molar-refractivity contribution in [2.75, 3.05) is 14.1 Å². The molecule has 0 radical (unpaired) electrons. The Balaban J connectivity index is 2.10.